The molecule has 1 heterocycles. The number of ether oxygens (including phenoxy) is 6. The first-order chi connectivity index (χ1) is 21.2. The molecular formula is C35H60O9Si2. The quantitative estimate of drug-likeness (QED) is 0.0769. The second-order valence-corrected chi connectivity index (χ2v) is 25.7. The van der Waals surface area contributed by atoms with Crippen molar-refractivity contribution >= 4 is 28.4 Å². The molecule has 0 radical (unpaired) electrons. The van der Waals surface area contributed by atoms with Crippen LogP contribution < -0.4 is 9.47 Å². The normalized spacial score (nSPS) is 20.3. The van der Waals surface area contributed by atoms with E-state index in [1.165, 1.54) is 7.11 Å². The van der Waals surface area contributed by atoms with Crippen molar-refractivity contribution in [3.63, 3.8) is 0 Å². The van der Waals surface area contributed by atoms with Gasteiger partial charge in [-0.25, -0.2) is 4.79 Å². The van der Waals surface area contributed by atoms with E-state index in [-0.39, 0.29) is 17.7 Å². The smallest absolute Gasteiger partial charge is 0.342 e. The molecule has 1 N–H and O–H groups in total. The maximum atomic E-state index is 13.4. The number of aliphatic hydroxyl groups excluding tert-OH is 1. The van der Waals surface area contributed by atoms with Crippen LogP contribution in [0, 0.1) is 5.92 Å². The van der Waals surface area contributed by atoms with Gasteiger partial charge in [0.25, 0.3) is 0 Å². The summed E-state index contributed by atoms with van der Waals surface area (Å²) in [5, 5.41) is 11.3. The Labute approximate surface area is 279 Å². The van der Waals surface area contributed by atoms with E-state index in [9.17, 15) is 9.90 Å². The van der Waals surface area contributed by atoms with Gasteiger partial charge in [0.2, 0.25) is 0 Å². The molecule has 2 unspecified atom stereocenters. The fourth-order valence-corrected chi connectivity index (χ4v) is 6.35. The lowest BCUT2D eigenvalue weighted by Gasteiger charge is -2.36. The predicted molar refractivity (Wildman–Crippen MR) is 189 cm³/mol. The number of carbonyl (C=O) groups is 1. The molecule has 0 aromatic heterocycles. The van der Waals surface area contributed by atoms with Crippen molar-refractivity contribution in [2.45, 2.75) is 116 Å². The van der Waals surface area contributed by atoms with E-state index in [0.29, 0.717) is 42.3 Å². The van der Waals surface area contributed by atoms with Crippen LogP contribution in [0.2, 0.25) is 43.8 Å². The van der Waals surface area contributed by atoms with Crippen LogP contribution in [0.5, 0.6) is 11.5 Å². The zero-order valence-corrected chi connectivity index (χ0v) is 32.5. The molecule has 11 heteroatoms. The Morgan fingerprint density at radius 3 is 2.35 bits per heavy atom. The number of benzene rings is 1. The Kier molecular flexibility index (Phi) is 14.8. The number of rotatable bonds is 17. The first kappa shape index (κ1) is 40.2. The Hall–Kier alpha value is -2.00. The maximum absolute atomic E-state index is 13.4. The Bertz CT molecular complexity index is 1180. The molecular weight excluding hydrogens is 621 g/mol. The van der Waals surface area contributed by atoms with Crippen LogP contribution in [0.3, 0.4) is 0 Å². The highest BCUT2D eigenvalue weighted by molar-refractivity contribution is 6.76. The number of aliphatic hydroxyl groups is 1. The van der Waals surface area contributed by atoms with Crippen LogP contribution >= 0.6 is 0 Å². The van der Waals surface area contributed by atoms with E-state index >= 15 is 0 Å². The van der Waals surface area contributed by atoms with Gasteiger partial charge in [-0.15, -0.1) is 0 Å². The summed E-state index contributed by atoms with van der Waals surface area (Å²) in [5.74, 6) is -0.374. The zero-order chi connectivity index (χ0) is 34.9. The second-order valence-electron chi connectivity index (χ2n) is 15.3. The van der Waals surface area contributed by atoms with Gasteiger partial charge in [0.1, 0.15) is 29.3 Å². The Balaban J connectivity index is 2.24. The summed E-state index contributed by atoms with van der Waals surface area (Å²) >= 11 is 0. The molecule has 0 saturated carbocycles. The van der Waals surface area contributed by atoms with Gasteiger partial charge in [-0.1, -0.05) is 71.6 Å². The first-order valence-corrected chi connectivity index (χ1v) is 22.8. The Morgan fingerprint density at radius 2 is 1.76 bits per heavy atom. The fraction of sp³-hybridized carbons (Fsp3) is 0.686. The Morgan fingerprint density at radius 1 is 1.09 bits per heavy atom. The van der Waals surface area contributed by atoms with Gasteiger partial charge in [-0.3, -0.25) is 0 Å². The van der Waals surface area contributed by atoms with Crippen molar-refractivity contribution in [1.82, 2.24) is 0 Å². The van der Waals surface area contributed by atoms with Crippen LogP contribution in [0.4, 0.5) is 0 Å². The van der Waals surface area contributed by atoms with E-state index in [4.69, 9.17) is 32.8 Å². The van der Waals surface area contributed by atoms with Gasteiger partial charge < -0.3 is 38.0 Å². The molecule has 262 valence electrons. The number of methoxy groups -OCH3 is 2. The molecule has 1 aliphatic heterocycles. The molecule has 2 rings (SSSR count). The number of hydrogen-bond donors (Lipinski definition) is 1. The first-order valence-electron chi connectivity index (χ1n) is 16.2. The minimum atomic E-state index is -1.86. The molecule has 9 nitrogen and oxygen atoms in total. The van der Waals surface area contributed by atoms with Crippen LogP contribution in [-0.4, -0.2) is 85.8 Å². The molecule has 1 aromatic carbocycles. The van der Waals surface area contributed by atoms with Crippen molar-refractivity contribution < 1.29 is 42.7 Å². The van der Waals surface area contributed by atoms with Gasteiger partial charge in [0, 0.05) is 27.9 Å². The van der Waals surface area contributed by atoms with E-state index < -0.39 is 46.5 Å². The van der Waals surface area contributed by atoms with Gasteiger partial charge >= 0.3 is 5.97 Å². The van der Waals surface area contributed by atoms with Crippen LogP contribution in [-0.2, 0) is 23.4 Å². The zero-order valence-electron chi connectivity index (χ0n) is 30.5. The van der Waals surface area contributed by atoms with Crippen molar-refractivity contribution in [3.05, 3.63) is 41.5 Å². The molecule has 1 saturated heterocycles. The third kappa shape index (κ3) is 12.6. The fourth-order valence-electron chi connectivity index (χ4n) is 4.53. The third-order valence-corrected chi connectivity index (χ3v) is 14.5. The predicted octanol–water partition coefficient (Wildman–Crippen LogP) is 7.67. The number of carbonyl (C=O) groups excluding carboxylic acids is 1. The SMILES string of the molecule is COCOc1cc(OC)cc(C=CC[C@@H]2OC(C)(C)OC2C(O)C=C[C@@H](C)CO[Si](C)(C)C(C)(C)C)c1C(=O)OCC[Si](C)(C)C. The van der Waals surface area contributed by atoms with Gasteiger partial charge in [-0.2, -0.15) is 0 Å². The average Bonchev–Trinajstić information content (AvgIpc) is 3.25. The standard InChI is InChI=1S/C35H60O9Si2/c1-25(23-42-46(12,13)34(2,3)4)17-18-28(36)32-29(43-35(5,6)44-32)16-14-15-26-21-27(39-8)22-30(41-24-38-7)31(26)33(37)40-19-20-45(9,10)11/h14-15,17-18,21-22,25,28-29,32,36H,16,19-20,23-24H2,1-13H3/t25-,28?,29+,32?/m1/s1. The molecule has 0 spiro atoms. The van der Waals surface area contributed by atoms with Crippen LogP contribution in [0.15, 0.2) is 30.4 Å². The van der Waals surface area contributed by atoms with E-state index in [0.717, 1.165) is 6.04 Å². The second kappa shape index (κ2) is 16.9. The summed E-state index contributed by atoms with van der Waals surface area (Å²) in [6.07, 6.45) is 6.04. The van der Waals surface area contributed by atoms with Crippen molar-refractivity contribution in [1.29, 1.82) is 0 Å². The monoisotopic (exact) mass is 680 g/mol. The van der Waals surface area contributed by atoms with Gasteiger partial charge in [0.05, 0.1) is 19.8 Å². The maximum Gasteiger partial charge on any atom is 0.342 e. The lowest BCUT2D eigenvalue weighted by molar-refractivity contribution is -0.152. The molecule has 1 aliphatic rings. The highest BCUT2D eigenvalue weighted by atomic mass is 28.4. The number of esters is 1. The average molecular weight is 681 g/mol. The van der Waals surface area contributed by atoms with E-state index in [2.05, 4.69) is 60.4 Å². The minimum absolute atomic E-state index is 0.0397. The van der Waals surface area contributed by atoms with E-state index in [1.54, 1.807) is 25.3 Å². The van der Waals surface area contributed by atoms with Crippen LogP contribution in [0.25, 0.3) is 6.08 Å². The summed E-state index contributed by atoms with van der Waals surface area (Å²) in [6.45, 7) is 24.5. The third-order valence-electron chi connectivity index (χ3n) is 8.34. The summed E-state index contributed by atoms with van der Waals surface area (Å²) in [7, 11) is -0.193. The number of hydrogen-bond acceptors (Lipinski definition) is 9. The van der Waals surface area contributed by atoms with Crippen molar-refractivity contribution in [2.75, 3.05) is 34.2 Å². The van der Waals surface area contributed by atoms with Gasteiger partial charge in [-0.05, 0) is 62.0 Å². The van der Waals surface area contributed by atoms with E-state index in [1.807, 2.05) is 32.1 Å². The van der Waals surface area contributed by atoms with Crippen molar-refractivity contribution in [2.24, 2.45) is 5.92 Å². The lowest BCUT2D eigenvalue weighted by Crippen LogP contribution is -2.41. The largest absolute Gasteiger partial charge is 0.497 e. The summed E-state index contributed by atoms with van der Waals surface area (Å²) in [4.78, 5) is 13.4. The highest BCUT2D eigenvalue weighted by Crippen LogP contribution is 2.37. The molecule has 46 heavy (non-hydrogen) atoms. The molecule has 4 atom stereocenters. The summed E-state index contributed by atoms with van der Waals surface area (Å²) < 4.78 is 40.8. The molecule has 1 aromatic rings. The van der Waals surface area contributed by atoms with Gasteiger partial charge in [0.15, 0.2) is 20.9 Å². The molecule has 0 aliphatic carbocycles. The molecule has 0 amide bonds. The topological polar surface area (TPSA) is 102 Å². The molecule has 1 fully saturated rings. The highest BCUT2D eigenvalue weighted by Gasteiger charge is 2.43. The van der Waals surface area contributed by atoms with Crippen molar-refractivity contribution in [3.8, 4) is 11.5 Å². The molecule has 0 bridgehead atoms. The minimum Gasteiger partial charge on any atom is -0.497 e. The summed E-state index contributed by atoms with van der Waals surface area (Å²) in [6, 6.07) is 4.27. The summed E-state index contributed by atoms with van der Waals surface area (Å²) in [5.41, 5.74) is 0.871. The van der Waals surface area contributed by atoms with Crippen LogP contribution in [0.1, 0.15) is 63.9 Å². The lowest BCUT2D eigenvalue weighted by atomic mass is 10.0.